The molecule has 7 heavy (non-hydrogen) atoms. The predicted molar refractivity (Wildman–Crippen MR) is 32.6 cm³/mol. The van der Waals surface area contributed by atoms with E-state index in [4.69, 9.17) is 5.73 Å². The molecule has 0 aliphatic rings. The normalized spacial score (nSPS) is 6.00. The Labute approximate surface area is 44.8 Å². The molecule has 0 aliphatic heterocycles. The first-order valence-corrected chi connectivity index (χ1v) is 2.12. The fourth-order valence-corrected chi connectivity index (χ4v) is 0.204. The monoisotopic (exact) mass is 108 g/mol. The molecular formula is C4H16N2O. The Balaban J connectivity index is -0.0000000800. The van der Waals surface area contributed by atoms with Gasteiger partial charge < -0.3 is 17.4 Å². The molecule has 0 aliphatic carbocycles. The van der Waals surface area contributed by atoms with Crippen LogP contribution in [-0.2, 0) is 0 Å². The zero-order valence-electron chi connectivity index (χ0n) is 4.91. The highest BCUT2D eigenvalue weighted by atomic mass is 16.0. The Morgan fingerprint density at radius 2 is 1.86 bits per heavy atom. The summed E-state index contributed by atoms with van der Waals surface area (Å²) in [6, 6.07) is 0. The molecule has 3 heteroatoms. The van der Waals surface area contributed by atoms with Crippen molar-refractivity contribution in [3.05, 3.63) is 0 Å². The Hall–Kier alpha value is -0.120. The van der Waals surface area contributed by atoms with Gasteiger partial charge in [-0.1, -0.05) is 13.3 Å². The van der Waals surface area contributed by atoms with E-state index in [1.54, 1.807) is 0 Å². The first kappa shape index (κ1) is 15.8. The van der Waals surface area contributed by atoms with E-state index in [1.165, 1.54) is 12.8 Å². The fraction of sp³-hybridized carbons (Fsp3) is 1.00. The van der Waals surface area contributed by atoms with Gasteiger partial charge in [0.2, 0.25) is 0 Å². The minimum absolute atomic E-state index is 0. The molecule has 0 aromatic rings. The highest BCUT2D eigenvalue weighted by Crippen LogP contribution is 1.77. The molecule has 3 nitrogen and oxygen atoms in total. The van der Waals surface area contributed by atoms with Gasteiger partial charge in [-0.2, -0.15) is 0 Å². The van der Waals surface area contributed by atoms with Gasteiger partial charge >= 0.3 is 0 Å². The van der Waals surface area contributed by atoms with Gasteiger partial charge in [0.05, 0.1) is 0 Å². The van der Waals surface area contributed by atoms with Crippen molar-refractivity contribution in [1.82, 2.24) is 6.15 Å². The molecule has 0 saturated carbocycles. The third-order valence-corrected chi connectivity index (χ3v) is 0.558. The van der Waals surface area contributed by atoms with Gasteiger partial charge in [0.1, 0.15) is 0 Å². The van der Waals surface area contributed by atoms with E-state index in [1.807, 2.05) is 0 Å². The van der Waals surface area contributed by atoms with E-state index >= 15 is 0 Å². The van der Waals surface area contributed by atoms with Gasteiger partial charge in [-0.3, -0.25) is 0 Å². The van der Waals surface area contributed by atoms with Gasteiger partial charge in [-0.05, 0) is 13.0 Å². The minimum Gasteiger partial charge on any atom is -0.412 e. The molecule has 0 bridgehead atoms. The third kappa shape index (κ3) is 25.0. The second-order valence-electron chi connectivity index (χ2n) is 1.14. The molecular weight excluding hydrogens is 92.1 g/mol. The summed E-state index contributed by atoms with van der Waals surface area (Å²) in [5.74, 6) is 0. The third-order valence-electron chi connectivity index (χ3n) is 0.558. The molecule has 0 fully saturated rings. The first-order chi connectivity index (χ1) is 2.41. The number of hydrogen-bond acceptors (Lipinski definition) is 2. The minimum atomic E-state index is 0. The number of nitrogens with two attached hydrogens (primary N) is 1. The summed E-state index contributed by atoms with van der Waals surface area (Å²) in [7, 11) is 0. The van der Waals surface area contributed by atoms with E-state index in [0.717, 1.165) is 6.54 Å². The van der Waals surface area contributed by atoms with Gasteiger partial charge in [-0.25, -0.2) is 0 Å². The SMILES string of the molecule is CCCCN.N.O. The predicted octanol–water partition coefficient (Wildman–Crippen LogP) is 0.0825. The summed E-state index contributed by atoms with van der Waals surface area (Å²) in [6.07, 6.45) is 2.39. The van der Waals surface area contributed by atoms with Gasteiger partial charge in [0.25, 0.3) is 0 Å². The fourth-order valence-electron chi connectivity index (χ4n) is 0.204. The van der Waals surface area contributed by atoms with Crippen LogP contribution in [0, 0.1) is 0 Å². The molecule has 0 spiro atoms. The Morgan fingerprint density at radius 3 is 1.86 bits per heavy atom. The number of hydrogen-bond donors (Lipinski definition) is 2. The lowest BCUT2D eigenvalue weighted by atomic mass is 10.3. The average Bonchev–Trinajstić information content (AvgIpc) is 1.41. The van der Waals surface area contributed by atoms with Crippen molar-refractivity contribution in [2.75, 3.05) is 6.54 Å². The van der Waals surface area contributed by atoms with E-state index in [0.29, 0.717) is 0 Å². The lowest BCUT2D eigenvalue weighted by Crippen LogP contribution is -1.95. The molecule has 7 N–H and O–H groups in total. The van der Waals surface area contributed by atoms with Gasteiger partial charge in [0, 0.05) is 0 Å². The zero-order valence-corrected chi connectivity index (χ0v) is 4.91. The molecule has 0 heterocycles. The summed E-state index contributed by atoms with van der Waals surface area (Å²) in [5, 5.41) is 0. The zero-order chi connectivity index (χ0) is 4.12. The molecule has 0 amide bonds. The molecule has 0 atom stereocenters. The topological polar surface area (TPSA) is 92.5 Å². The second kappa shape index (κ2) is 16.9. The van der Waals surface area contributed by atoms with Crippen LogP contribution < -0.4 is 11.9 Å². The van der Waals surface area contributed by atoms with E-state index in [-0.39, 0.29) is 11.6 Å². The van der Waals surface area contributed by atoms with Gasteiger partial charge in [0.15, 0.2) is 0 Å². The van der Waals surface area contributed by atoms with Crippen LogP contribution in [0.3, 0.4) is 0 Å². The maximum absolute atomic E-state index is 5.14. The highest BCUT2D eigenvalue weighted by molar-refractivity contribution is 4.29. The first-order valence-electron chi connectivity index (χ1n) is 2.12. The molecule has 48 valence electrons. The Kier molecular flexibility index (Phi) is 38.1. The Bertz CT molecular complexity index is 17.2. The lowest BCUT2D eigenvalue weighted by molar-refractivity contribution is 0.807. The van der Waals surface area contributed by atoms with Crippen molar-refractivity contribution in [3.63, 3.8) is 0 Å². The van der Waals surface area contributed by atoms with E-state index in [9.17, 15) is 0 Å². The summed E-state index contributed by atoms with van der Waals surface area (Å²) in [4.78, 5) is 0. The maximum Gasteiger partial charge on any atom is -0.00774 e. The smallest absolute Gasteiger partial charge is 0.00774 e. The second-order valence-corrected chi connectivity index (χ2v) is 1.14. The largest absolute Gasteiger partial charge is 0.412 e. The molecule has 0 saturated heterocycles. The summed E-state index contributed by atoms with van der Waals surface area (Å²) in [5.41, 5.74) is 5.14. The highest BCUT2D eigenvalue weighted by Gasteiger charge is 1.67. The van der Waals surface area contributed by atoms with Crippen molar-refractivity contribution in [2.24, 2.45) is 5.73 Å². The summed E-state index contributed by atoms with van der Waals surface area (Å²) >= 11 is 0. The molecule has 0 radical (unpaired) electrons. The lowest BCUT2D eigenvalue weighted by Gasteiger charge is -1.80. The quantitative estimate of drug-likeness (QED) is 0.524. The van der Waals surface area contributed by atoms with Crippen molar-refractivity contribution >= 4 is 0 Å². The van der Waals surface area contributed by atoms with Crippen LogP contribution in [0.25, 0.3) is 0 Å². The Morgan fingerprint density at radius 1 is 1.43 bits per heavy atom. The van der Waals surface area contributed by atoms with E-state index < -0.39 is 0 Å². The maximum atomic E-state index is 5.14. The van der Waals surface area contributed by atoms with Crippen molar-refractivity contribution in [3.8, 4) is 0 Å². The van der Waals surface area contributed by atoms with Crippen LogP contribution in [0.2, 0.25) is 0 Å². The van der Waals surface area contributed by atoms with Crippen molar-refractivity contribution in [2.45, 2.75) is 19.8 Å². The average molecular weight is 108 g/mol. The standard InChI is InChI=1S/C4H11N.H3N.H2O/c1-2-3-4-5;;/h2-5H2,1H3;1H3;1H2. The van der Waals surface area contributed by atoms with Crippen LogP contribution in [0.15, 0.2) is 0 Å². The molecule has 0 aromatic heterocycles. The van der Waals surface area contributed by atoms with Crippen LogP contribution in [-0.4, -0.2) is 12.0 Å². The number of unbranched alkanes of at least 4 members (excludes halogenated alkanes) is 1. The molecule has 0 unspecified atom stereocenters. The summed E-state index contributed by atoms with van der Waals surface area (Å²) in [6.45, 7) is 2.98. The van der Waals surface area contributed by atoms with Crippen LogP contribution in [0.5, 0.6) is 0 Å². The van der Waals surface area contributed by atoms with Crippen molar-refractivity contribution in [1.29, 1.82) is 0 Å². The molecule has 0 aromatic carbocycles. The van der Waals surface area contributed by atoms with Gasteiger partial charge in [-0.15, -0.1) is 0 Å². The van der Waals surface area contributed by atoms with Crippen LogP contribution in [0.1, 0.15) is 19.8 Å². The van der Waals surface area contributed by atoms with Crippen LogP contribution >= 0.6 is 0 Å². The van der Waals surface area contributed by atoms with Crippen LogP contribution in [0.4, 0.5) is 0 Å². The summed E-state index contributed by atoms with van der Waals surface area (Å²) < 4.78 is 0. The number of rotatable bonds is 2. The molecule has 0 rings (SSSR count). The van der Waals surface area contributed by atoms with Crippen molar-refractivity contribution < 1.29 is 5.48 Å². The van der Waals surface area contributed by atoms with E-state index in [2.05, 4.69) is 6.92 Å².